The first kappa shape index (κ1) is 32.4. The number of halogens is 4. The second kappa shape index (κ2) is 12.8. The van der Waals surface area contributed by atoms with Gasteiger partial charge in [0.1, 0.15) is 17.7 Å². The maximum absolute atomic E-state index is 14.3. The number of likely N-dealkylation sites (N-methyl/N-ethyl adjacent to an activating group) is 1. The number of carbonyl (C=O) groups excluding carboxylic acids is 3. The van der Waals surface area contributed by atoms with Crippen molar-refractivity contribution < 1.29 is 31.9 Å². The summed E-state index contributed by atoms with van der Waals surface area (Å²) in [7, 11) is 0. The van der Waals surface area contributed by atoms with E-state index in [1.807, 2.05) is 18.2 Å². The molecule has 1 aliphatic rings. The third-order valence-corrected chi connectivity index (χ3v) is 7.94. The highest BCUT2D eigenvalue weighted by atomic mass is 19.4. The number of aromatic nitrogens is 2. The van der Waals surface area contributed by atoms with Gasteiger partial charge >= 0.3 is 6.18 Å². The molecule has 1 aliphatic heterocycles. The number of alkyl halides is 3. The summed E-state index contributed by atoms with van der Waals surface area (Å²) >= 11 is 0. The highest BCUT2D eigenvalue weighted by molar-refractivity contribution is 6.05. The number of benzene rings is 3. The van der Waals surface area contributed by atoms with Crippen LogP contribution in [-0.2, 0) is 15.8 Å². The maximum Gasteiger partial charge on any atom is 0.416 e. The molecule has 8 nitrogen and oxygen atoms in total. The van der Waals surface area contributed by atoms with E-state index in [2.05, 4.69) is 10.6 Å². The van der Waals surface area contributed by atoms with Gasteiger partial charge in [-0.15, -0.1) is 0 Å². The summed E-state index contributed by atoms with van der Waals surface area (Å²) in [5.41, 5.74) is 0.699. The van der Waals surface area contributed by atoms with Crippen LogP contribution in [0.4, 0.5) is 23.4 Å². The Hall–Kier alpha value is -5.00. The first-order valence-electron chi connectivity index (χ1n) is 14.8. The second-order valence-corrected chi connectivity index (χ2v) is 11.4. The number of para-hydroxylation sites is 1. The number of nitrogens with zero attached hydrogens (tertiary/aromatic N) is 3. The Labute approximate surface area is 263 Å². The van der Waals surface area contributed by atoms with Gasteiger partial charge in [-0.3, -0.25) is 19.3 Å². The smallest absolute Gasteiger partial charge is 0.348 e. The largest absolute Gasteiger partial charge is 0.416 e. The molecule has 0 bridgehead atoms. The number of anilines is 1. The molecule has 46 heavy (non-hydrogen) atoms. The molecule has 0 unspecified atom stereocenters. The van der Waals surface area contributed by atoms with Gasteiger partial charge in [0.2, 0.25) is 5.91 Å². The van der Waals surface area contributed by atoms with Gasteiger partial charge in [-0.2, -0.15) is 18.3 Å². The van der Waals surface area contributed by atoms with E-state index in [0.717, 1.165) is 18.2 Å². The number of nitrogens with one attached hydrogen (secondary N) is 2. The molecular weight excluding hydrogens is 602 g/mol. The monoisotopic (exact) mass is 635 g/mol. The zero-order valence-corrected chi connectivity index (χ0v) is 25.6. The molecule has 3 atom stereocenters. The van der Waals surface area contributed by atoms with E-state index in [9.17, 15) is 31.9 Å². The van der Waals surface area contributed by atoms with Gasteiger partial charge < -0.3 is 10.6 Å². The van der Waals surface area contributed by atoms with Crippen molar-refractivity contribution >= 4 is 23.5 Å². The number of hydrogen-bond donors (Lipinski definition) is 2. The lowest BCUT2D eigenvalue weighted by Gasteiger charge is -2.39. The molecule has 2 heterocycles. The summed E-state index contributed by atoms with van der Waals surface area (Å²) in [6.07, 6.45) is -4.68. The van der Waals surface area contributed by atoms with Crippen LogP contribution in [0.3, 0.4) is 0 Å². The van der Waals surface area contributed by atoms with Gasteiger partial charge in [-0.25, -0.2) is 9.07 Å². The highest BCUT2D eigenvalue weighted by Crippen LogP contribution is 2.45. The van der Waals surface area contributed by atoms with Crippen molar-refractivity contribution in [3.05, 3.63) is 113 Å². The molecule has 3 amide bonds. The van der Waals surface area contributed by atoms with E-state index in [0.29, 0.717) is 28.3 Å². The third kappa shape index (κ3) is 6.24. The molecule has 240 valence electrons. The molecule has 0 aliphatic carbocycles. The standard InChI is InChI=1S/C34H33F4N5O3/c1-5-42-32-27(28(20(4)39-30(44)19(2)3)41-43(32)25-12-7-6-8-13-25)26(21-14-16-24(35)17-15-21)29(33(42)46)40-31(45)22-10-9-11-23(18-22)34(36,37)38/h6-20,26,29H,5H2,1-4H3,(H,39,44)(H,40,45)/t20-,26+,29+/m1/s1. The van der Waals surface area contributed by atoms with Gasteiger partial charge in [-0.1, -0.05) is 50.2 Å². The number of rotatable bonds is 8. The van der Waals surface area contributed by atoms with Crippen molar-refractivity contribution in [2.45, 2.75) is 51.9 Å². The number of hydrogen-bond acceptors (Lipinski definition) is 4. The Morgan fingerprint density at radius 1 is 0.957 bits per heavy atom. The van der Waals surface area contributed by atoms with Gasteiger partial charge in [0.15, 0.2) is 0 Å². The van der Waals surface area contributed by atoms with E-state index in [1.54, 1.807) is 44.5 Å². The third-order valence-electron chi connectivity index (χ3n) is 7.94. The summed E-state index contributed by atoms with van der Waals surface area (Å²) in [6, 6.07) is 16.4. The summed E-state index contributed by atoms with van der Waals surface area (Å²) in [5, 5.41) is 10.6. The summed E-state index contributed by atoms with van der Waals surface area (Å²) in [4.78, 5) is 42.2. The van der Waals surface area contributed by atoms with Crippen LogP contribution in [0.2, 0.25) is 0 Å². The van der Waals surface area contributed by atoms with Crippen molar-refractivity contribution in [2.75, 3.05) is 11.4 Å². The average molecular weight is 636 g/mol. The number of amides is 3. The van der Waals surface area contributed by atoms with Crippen LogP contribution in [0.15, 0.2) is 78.9 Å². The SMILES string of the molecule is CCN1C(=O)[C@@H](NC(=O)c2cccc(C(F)(F)F)c2)[C@@H](c2ccc(F)cc2)c2c([C@@H](C)NC(=O)C(C)C)nn(-c3ccccc3)c21. The van der Waals surface area contributed by atoms with E-state index in [4.69, 9.17) is 5.10 Å². The van der Waals surface area contributed by atoms with Crippen molar-refractivity contribution in [3.63, 3.8) is 0 Å². The topological polar surface area (TPSA) is 96.3 Å². The lowest BCUT2D eigenvalue weighted by atomic mass is 9.80. The average Bonchev–Trinajstić information content (AvgIpc) is 3.42. The maximum atomic E-state index is 14.3. The van der Waals surface area contributed by atoms with E-state index in [-0.39, 0.29) is 23.9 Å². The Kier molecular flexibility index (Phi) is 9.00. The normalized spacial score (nSPS) is 17.1. The molecule has 3 aromatic carbocycles. The van der Waals surface area contributed by atoms with E-state index >= 15 is 0 Å². The first-order valence-corrected chi connectivity index (χ1v) is 14.8. The van der Waals surface area contributed by atoms with Crippen LogP contribution in [0.1, 0.15) is 72.4 Å². The molecule has 1 aromatic heterocycles. The van der Waals surface area contributed by atoms with Crippen molar-refractivity contribution in [1.29, 1.82) is 0 Å². The number of carbonyl (C=O) groups is 3. The minimum Gasteiger partial charge on any atom is -0.348 e. The minimum absolute atomic E-state index is 0.155. The Bertz CT molecular complexity index is 1750. The summed E-state index contributed by atoms with van der Waals surface area (Å²) < 4.78 is 56.2. The zero-order valence-electron chi connectivity index (χ0n) is 25.6. The molecule has 12 heteroatoms. The fraction of sp³-hybridized carbons (Fsp3) is 0.294. The highest BCUT2D eigenvalue weighted by Gasteiger charge is 2.47. The quantitative estimate of drug-likeness (QED) is 0.227. The molecule has 0 fully saturated rings. The fourth-order valence-electron chi connectivity index (χ4n) is 5.64. The second-order valence-electron chi connectivity index (χ2n) is 11.4. The van der Waals surface area contributed by atoms with Crippen LogP contribution >= 0.6 is 0 Å². The van der Waals surface area contributed by atoms with Crippen LogP contribution in [0, 0.1) is 11.7 Å². The predicted octanol–water partition coefficient (Wildman–Crippen LogP) is 6.16. The molecule has 0 saturated heterocycles. The van der Waals surface area contributed by atoms with Gasteiger partial charge in [0.25, 0.3) is 11.8 Å². The van der Waals surface area contributed by atoms with Crippen molar-refractivity contribution in [3.8, 4) is 5.69 Å². The van der Waals surface area contributed by atoms with E-state index in [1.165, 1.54) is 35.2 Å². The Balaban J connectivity index is 1.73. The molecule has 0 spiro atoms. The van der Waals surface area contributed by atoms with Crippen LogP contribution in [0.25, 0.3) is 5.69 Å². The van der Waals surface area contributed by atoms with E-state index < -0.39 is 47.4 Å². The van der Waals surface area contributed by atoms with Crippen molar-refractivity contribution in [1.82, 2.24) is 20.4 Å². The van der Waals surface area contributed by atoms with Crippen LogP contribution in [0.5, 0.6) is 0 Å². The number of fused-ring (bicyclic) bond motifs is 1. The fourth-order valence-corrected chi connectivity index (χ4v) is 5.64. The zero-order chi connectivity index (χ0) is 33.3. The molecule has 5 rings (SSSR count). The minimum atomic E-state index is -4.68. The van der Waals surface area contributed by atoms with Gasteiger partial charge in [-0.05, 0) is 61.9 Å². The first-order chi connectivity index (χ1) is 21.8. The molecule has 2 N–H and O–H groups in total. The predicted molar refractivity (Wildman–Crippen MR) is 164 cm³/mol. The lowest BCUT2D eigenvalue weighted by Crippen LogP contribution is -2.55. The summed E-state index contributed by atoms with van der Waals surface area (Å²) in [6.45, 7) is 7.15. The Morgan fingerprint density at radius 3 is 2.24 bits per heavy atom. The molecule has 0 saturated carbocycles. The van der Waals surface area contributed by atoms with Crippen LogP contribution < -0.4 is 15.5 Å². The van der Waals surface area contributed by atoms with Crippen molar-refractivity contribution in [2.24, 2.45) is 5.92 Å². The van der Waals surface area contributed by atoms with Gasteiger partial charge in [0.05, 0.1) is 23.0 Å². The molecule has 4 aromatic rings. The van der Waals surface area contributed by atoms with Gasteiger partial charge in [0, 0.05) is 29.5 Å². The molecule has 0 radical (unpaired) electrons. The lowest BCUT2D eigenvalue weighted by molar-refractivity contribution is -0.137. The summed E-state index contributed by atoms with van der Waals surface area (Å²) in [5.74, 6) is -3.08. The Morgan fingerprint density at radius 2 is 1.63 bits per heavy atom. The molecular formula is C34H33F4N5O3. The van der Waals surface area contributed by atoms with Crippen LogP contribution in [-0.4, -0.2) is 40.1 Å².